The number of benzene rings is 1. The molecule has 0 aromatic heterocycles. The summed E-state index contributed by atoms with van der Waals surface area (Å²) >= 11 is 0. The van der Waals surface area contributed by atoms with Crippen LogP contribution in [0.5, 0.6) is 5.75 Å². The Hall–Kier alpha value is -1.36. The van der Waals surface area contributed by atoms with Crippen molar-refractivity contribution in [3.63, 3.8) is 0 Å². The zero-order chi connectivity index (χ0) is 12.4. The zero-order valence-electron chi connectivity index (χ0n) is 8.94. The maximum atomic E-state index is 13.4. The molecule has 1 aromatic carbocycles. The molecule has 0 N–H and O–H groups in total. The molecule has 0 radical (unpaired) electrons. The van der Waals surface area contributed by atoms with Gasteiger partial charge in [0.05, 0.1) is 12.7 Å². The fourth-order valence-electron chi connectivity index (χ4n) is 1.69. The van der Waals surface area contributed by atoms with Crippen molar-refractivity contribution < 1.29 is 27.8 Å². The second kappa shape index (κ2) is 4.87. The maximum Gasteiger partial charge on any atom is 0.738 e. The van der Waals surface area contributed by atoms with E-state index in [1.165, 1.54) is 19.2 Å². The third-order valence-corrected chi connectivity index (χ3v) is 2.93. The van der Waals surface area contributed by atoms with E-state index < -0.39 is 14.1 Å². The number of hydrogen-bond donors (Lipinski definition) is 0. The molecule has 17 heavy (non-hydrogen) atoms. The van der Waals surface area contributed by atoms with Gasteiger partial charge in [0.25, 0.3) is 0 Å². The number of hydrogen-bond acceptors (Lipinski definition) is 5. The number of carbonyl (C=O) groups excluding carboxylic acids is 1. The largest absolute Gasteiger partial charge is 0.738 e. The molecule has 1 aromatic rings. The first kappa shape index (κ1) is 12.1. The van der Waals surface area contributed by atoms with E-state index in [1.54, 1.807) is 0 Å². The molecule has 0 saturated heterocycles. The molecule has 90 valence electrons. The van der Waals surface area contributed by atoms with Gasteiger partial charge in [-0.05, 0) is 18.6 Å². The Bertz CT molecular complexity index is 488. The van der Waals surface area contributed by atoms with Crippen LogP contribution in [0.4, 0.5) is 4.39 Å². The molecule has 7 heteroatoms. The normalized spacial score (nSPS) is 14.7. The van der Waals surface area contributed by atoms with E-state index in [2.05, 4.69) is 9.20 Å². The quantitative estimate of drug-likeness (QED) is 0.472. The Labute approximate surface area is 97.4 Å². The van der Waals surface area contributed by atoms with Gasteiger partial charge in [-0.25, -0.2) is 4.39 Å². The summed E-state index contributed by atoms with van der Waals surface area (Å²) < 4.78 is 33.0. The van der Waals surface area contributed by atoms with Crippen LogP contribution >= 0.6 is 8.25 Å². The van der Waals surface area contributed by atoms with Gasteiger partial charge < -0.3 is 0 Å². The number of halogens is 1. The minimum absolute atomic E-state index is 0.0595. The molecule has 1 unspecified atom stereocenters. The summed E-state index contributed by atoms with van der Waals surface area (Å²) in [7, 11) is -1.23. The monoisotopic (exact) mass is 259 g/mol. The molecule has 0 heterocycles. The van der Waals surface area contributed by atoms with Crippen LogP contribution in [0.25, 0.3) is 0 Å². The van der Waals surface area contributed by atoms with Crippen molar-refractivity contribution >= 4 is 14.0 Å². The summed E-state index contributed by atoms with van der Waals surface area (Å²) in [6, 6.07) is 2.44. The highest BCUT2D eigenvalue weighted by Gasteiger charge is 2.29. The fraction of sp³-hybridized carbons (Fsp3) is 0.300. The van der Waals surface area contributed by atoms with E-state index in [9.17, 15) is 13.8 Å². The number of ketones is 1. The SMILES string of the molecule is CO[P+](=O)OOc1ccc(F)c2c1C(=O)CC2. The van der Waals surface area contributed by atoms with E-state index in [1.807, 2.05) is 0 Å². The molecule has 0 fully saturated rings. The minimum Gasteiger partial charge on any atom is -0.294 e. The average molecular weight is 259 g/mol. The lowest BCUT2D eigenvalue weighted by Crippen LogP contribution is -2.00. The molecule has 5 nitrogen and oxygen atoms in total. The number of rotatable bonds is 4. The predicted octanol–water partition coefficient (Wildman–Crippen LogP) is 2.57. The van der Waals surface area contributed by atoms with Gasteiger partial charge in [0, 0.05) is 16.5 Å². The molecule has 1 aliphatic carbocycles. The highest BCUT2D eigenvalue weighted by atomic mass is 31.1. The Morgan fingerprint density at radius 2 is 2.12 bits per heavy atom. The minimum atomic E-state index is -2.41. The topological polar surface area (TPSA) is 61.8 Å². The summed E-state index contributed by atoms with van der Waals surface area (Å²) in [5.41, 5.74) is 0.466. The van der Waals surface area contributed by atoms with Gasteiger partial charge in [0.2, 0.25) is 0 Å². The van der Waals surface area contributed by atoms with Crippen molar-refractivity contribution in [2.45, 2.75) is 12.8 Å². The number of Topliss-reactive ketones (excluding diaryl/α,β-unsaturated/α-hetero) is 1. The van der Waals surface area contributed by atoms with E-state index in [-0.39, 0.29) is 23.5 Å². The van der Waals surface area contributed by atoms with Crippen LogP contribution in [0.3, 0.4) is 0 Å². The van der Waals surface area contributed by atoms with Gasteiger partial charge in [-0.15, -0.1) is 4.52 Å². The number of carbonyl (C=O) groups is 1. The van der Waals surface area contributed by atoms with Crippen LogP contribution in [0.2, 0.25) is 0 Å². The molecular weight excluding hydrogens is 250 g/mol. The Morgan fingerprint density at radius 1 is 1.35 bits per heavy atom. The smallest absolute Gasteiger partial charge is 0.294 e. The molecule has 2 rings (SSSR count). The fourth-order valence-corrected chi connectivity index (χ4v) is 1.89. The first-order valence-electron chi connectivity index (χ1n) is 4.84. The van der Waals surface area contributed by atoms with Crippen molar-refractivity contribution in [1.29, 1.82) is 0 Å². The Kier molecular flexibility index (Phi) is 3.47. The van der Waals surface area contributed by atoms with Crippen LogP contribution in [0.15, 0.2) is 12.1 Å². The Balaban J connectivity index is 2.27. The molecular formula is C10H9FO5P+. The third kappa shape index (κ3) is 2.34. The summed E-state index contributed by atoms with van der Waals surface area (Å²) in [5, 5.41) is 0. The van der Waals surface area contributed by atoms with Crippen molar-refractivity contribution in [2.24, 2.45) is 0 Å². The van der Waals surface area contributed by atoms with Crippen molar-refractivity contribution in [3.05, 3.63) is 29.1 Å². The van der Waals surface area contributed by atoms with Crippen LogP contribution in [-0.2, 0) is 20.2 Å². The van der Waals surface area contributed by atoms with Gasteiger partial charge in [-0.2, -0.15) is 0 Å². The first-order chi connectivity index (χ1) is 8.13. The van der Waals surface area contributed by atoms with Crippen molar-refractivity contribution in [1.82, 2.24) is 0 Å². The van der Waals surface area contributed by atoms with Crippen molar-refractivity contribution in [3.8, 4) is 5.75 Å². The van der Waals surface area contributed by atoms with E-state index in [0.717, 1.165) is 0 Å². The van der Waals surface area contributed by atoms with Crippen LogP contribution in [-0.4, -0.2) is 12.9 Å². The highest BCUT2D eigenvalue weighted by Crippen LogP contribution is 2.34. The molecule has 0 aliphatic heterocycles. The van der Waals surface area contributed by atoms with E-state index in [0.29, 0.717) is 12.0 Å². The van der Waals surface area contributed by atoms with Gasteiger partial charge in [-0.1, -0.05) is 0 Å². The van der Waals surface area contributed by atoms with Crippen LogP contribution < -0.4 is 4.89 Å². The molecule has 1 atom stereocenters. The molecule has 1 aliphatic rings. The van der Waals surface area contributed by atoms with Gasteiger partial charge in [0.1, 0.15) is 10.5 Å². The van der Waals surface area contributed by atoms with E-state index >= 15 is 0 Å². The first-order valence-corrected chi connectivity index (χ1v) is 5.93. The third-order valence-electron chi connectivity index (χ3n) is 2.44. The lowest BCUT2D eigenvalue weighted by molar-refractivity contribution is -0.104. The molecule has 0 saturated carbocycles. The van der Waals surface area contributed by atoms with Crippen LogP contribution in [0, 0.1) is 5.82 Å². The lowest BCUT2D eigenvalue weighted by Gasteiger charge is -2.03. The second-order valence-corrected chi connectivity index (χ2v) is 4.35. The maximum absolute atomic E-state index is 13.4. The van der Waals surface area contributed by atoms with E-state index in [4.69, 9.17) is 4.89 Å². The number of fused-ring (bicyclic) bond motifs is 1. The van der Waals surface area contributed by atoms with Gasteiger partial charge >= 0.3 is 8.25 Å². The summed E-state index contributed by atoms with van der Waals surface area (Å²) in [6.07, 6.45) is 0.580. The average Bonchev–Trinajstić information content (AvgIpc) is 2.72. The Morgan fingerprint density at radius 3 is 2.82 bits per heavy atom. The predicted molar refractivity (Wildman–Crippen MR) is 55.4 cm³/mol. The van der Waals surface area contributed by atoms with Gasteiger partial charge in [-0.3, -0.25) is 9.68 Å². The van der Waals surface area contributed by atoms with Gasteiger partial charge in [0.15, 0.2) is 11.5 Å². The summed E-state index contributed by atoms with van der Waals surface area (Å²) in [5.74, 6) is -0.607. The summed E-state index contributed by atoms with van der Waals surface area (Å²) in [4.78, 5) is 16.3. The van der Waals surface area contributed by atoms with Crippen LogP contribution in [0.1, 0.15) is 22.3 Å². The summed E-state index contributed by atoms with van der Waals surface area (Å²) in [6.45, 7) is 0. The molecule has 0 amide bonds. The highest BCUT2D eigenvalue weighted by molar-refractivity contribution is 7.33. The standard InChI is InChI=1S/C10H9FO5P/c1-14-17(13)16-15-9-5-3-7(11)6-2-4-8(12)10(6)9/h3,5H,2,4H2,1H3/q+1. The van der Waals surface area contributed by atoms with Crippen molar-refractivity contribution in [2.75, 3.05) is 7.11 Å². The molecule has 0 spiro atoms. The zero-order valence-corrected chi connectivity index (χ0v) is 9.83. The second-order valence-electron chi connectivity index (χ2n) is 3.39. The lowest BCUT2D eigenvalue weighted by atomic mass is 10.1. The molecule has 0 bridgehead atoms.